The molecular formula is C22H34N4O3. The third kappa shape index (κ3) is 7.01. The summed E-state index contributed by atoms with van der Waals surface area (Å²) in [6, 6.07) is 8.34. The van der Waals surface area contributed by atoms with Gasteiger partial charge in [-0.3, -0.25) is 9.79 Å². The molecule has 0 saturated carbocycles. The molecule has 7 heteroatoms. The minimum absolute atomic E-state index is 0.0993. The van der Waals surface area contributed by atoms with Crippen LogP contribution in [0, 0.1) is 5.92 Å². The number of nitrogens with zero attached hydrogens (tertiary/aromatic N) is 2. The molecule has 0 aliphatic carbocycles. The van der Waals surface area contributed by atoms with Crippen molar-refractivity contribution in [1.29, 1.82) is 0 Å². The molecule has 1 saturated heterocycles. The van der Waals surface area contributed by atoms with Gasteiger partial charge < -0.3 is 25.0 Å². The maximum absolute atomic E-state index is 12.5. The first-order valence-corrected chi connectivity index (χ1v) is 10.7. The zero-order chi connectivity index (χ0) is 20.3. The summed E-state index contributed by atoms with van der Waals surface area (Å²) in [7, 11) is 1.72. The molecule has 29 heavy (non-hydrogen) atoms. The highest BCUT2D eigenvalue weighted by molar-refractivity contribution is 5.86. The maximum Gasteiger partial charge on any atom is 0.242 e. The number of rotatable bonds is 8. The Labute approximate surface area is 173 Å². The molecule has 2 aliphatic heterocycles. The van der Waals surface area contributed by atoms with Crippen LogP contribution in [0.3, 0.4) is 0 Å². The van der Waals surface area contributed by atoms with Gasteiger partial charge in [-0.1, -0.05) is 24.3 Å². The second kappa shape index (κ2) is 11.8. The molecule has 3 rings (SSSR count). The van der Waals surface area contributed by atoms with Gasteiger partial charge in [0.1, 0.15) is 0 Å². The van der Waals surface area contributed by atoms with Gasteiger partial charge in [0.15, 0.2) is 5.96 Å². The monoisotopic (exact) mass is 402 g/mol. The lowest BCUT2D eigenvalue weighted by molar-refractivity contribution is -0.130. The first-order valence-electron chi connectivity index (χ1n) is 10.7. The van der Waals surface area contributed by atoms with Gasteiger partial charge in [0.2, 0.25) is 5.91 Å². The topological polar surface area (TPSA) is 75.2 Å². The first kappa shape index (κ1) is 21.6. The lowest BCUT2D eigenvalue weighted by atomic mass is 10.00. The summed E-state index contributed by atoms with van der Waals surface area (Å²) in [5.41, 5.74) is 2.59. The van der Waals surface area contributed by atoms with Crippen molar-refractivity contribution in [2.45, 2.75) is 32.2 Å². The number of nitrogens with one attached hydrogen (secondary N) is 2. The molecule has 1 amide bonds. The number of benzene rings is 1. The van der Waals surface area contributed by atoms with E-state index in [0.29, 0.717) is 18.4 Å². The summed E-state index contributed by atoms with van der Waals surface area (Å²) in [6.45, 7) is 5.75. The molecular weight excluding hydrogens is 368 g/mol. The number of fused-ring (bicyclic) bond motifs is 1. The van der Waals surface area contributed by atoms with E-state index in [4.69, 9.17) is 9.47 Å². The van der Waals surface area contributed by atoms with Crippen molar-refractivity contribution < 1.29 is 14.3 Å². The summed E-state index contributed by atoms with van der Waals surface area (Å²) < 4.78 is 11.1. The Balaban J connectivity index is 1.27. The van der Waals surface area contributed by atoms with Crippen molar-refractivity contribution in [3.8, 4) is 0 Å². The van der Waals surface area contributed by atoms with Crippen LogP contribution >= 0.6 is 0 Å². The second-order valence-electron chi connectivity index (χ2n) is 7.67. The number of ether oxygens (including phenoxy) is 2. The van der Waals surface area contributed by atoms with E-state index in [0.717, 1.165) is 65.2 Å². The standard InChI is InChI=1S/C22H34N4O3/c1-23-22(24-10-4-12-29-17-18-8-13-28-14-9-18)25-15-21(27)26-11-7-19-5-2-3-6-20(19)16-26/h2-3,5-6,18H,4,7-17H2,1H3,(H2,23,24,25). The van der Waals surface area contributed by atoms with Crippen LogP contribution in [-0.4, -0.2) is 69.9 Å². The third-order valence-corrected chi connectivity index (χ3v) is 5.57. The van der Waals surface area contributed by atoms with Gasteiger partial charge in [-0.2, -0.15) is 0 Å². The van der Waals surface area contributed by atoms with E-state index in [1.807, 2.05) is 11.0 Å². The summed E-state index contributed by atoms with van der Waals surface area (Å²) in [4.78, 5) is 18.7. The Morgan fingerprint density at radius 1 is 1.24 bits per heavy atom. The van der Waals surface area contributed by atoms with Crippen LogP contribution in [0.5, 0.6) is 0 Å². The average Bonchev–Trinajstić information content (AvgIpc) is 2.78. The van der Waals surface area contributed by atoms with Crippen LogP contribution in [-0.2, 0) is 27.2 Å². The normalized spacial score (nSPS) is 17.7. The highest BCUT2D eigenvalue weighted by Gasteiger charge is 2.20. The van der Waals surface area contributed by atoms with Crippen molar-refractivity contribution in [2.75, 3.05) is 53.1 Å². The zero-order valence-electron chi connectivity index (χ0n) is 17.5. The van der Waals surface area contributed by atoms with E-state index in [1.165, 1.54) is 11.1 Å². The molecule has 2 N–H and O–H groups in total. The van der Waals surface area contributed by atoms with Gasteiger partial charge in [0, 0.05) is 53.1 Å². The van der Waals surface area contributed by atoms with Crippen LogP contribution in [0.2, 0.25) is 0 Å². The molecule has 1 aromatic rings. The number of hydrogen-bond acceptors (Lipinski definition) is 4. The van der Waals surface area contributed by atoms with Crippen LogP contribution in [0.1, 0.15) is 30.4 Å². The molecule has 2 heterocycles. The first-order chi connectivity index (χ1) is 14.3. The minimum atomic E-state index is 0.0993. The second-order valence-corrected chi connectivity index (χ2v) is 7.67. The van der Waals surface area contributed by atoms with Gasteiger partial charge in [-0.05, 0) is 42.7 Å². The van der Waals surface area contributed by atoms with Crippen molar-refractivity contribution in [3.63, 3.8) is 0 Å². The summed E-state index contributed by atoms with van der Waals surface area (Å²) in [5.74, 6) is 1.39. The fourth-order valence-electron chi connectivity index (χ4n) is 3.74. The Kier molecular flexibility index (Phi) is 8.77. The van der Waals surface area contributed by atoms with Crippen LogP contribution < -0.4 is 10.6 Å². The Bertz CT molecular complexity index is 674. The molecule has 7 nitrogen and oxygen atoms in total. The summed E-state index contributed by atoms with van der Waals surface area (Å²) >= 11 is 0. The molecule has 160 valence electrons. The number of carbonyl (C=O) groups excluding carboxylic acids is 1. The fourth-order valence-corrected chi connectivity index (χ4v) is 3.74. The highest BCUT2D eigenvalue weighted by Crippen LogP contribution is 2.18. The maximum atomic E-state index is 12.5. The van der Waals surface area contributed by atoms with Gasteiger partial charge >= 0.3 is 0 Å². The molecule has 0 spiro atoms. The third-order valence-electron chi connectivity index (χ3n) is 5.57. The molecule has 0 radical (unpaired) electrons. The molecule has 1 fully saturated rings. The number of carbonyl (C=O) groups is 1. The van der Waals surface area contributed by atoms with E-state index in [9.17, 15) is 4.79 Å². The number of hydrogen-bond donors (Lipinski definition) is 2. The largest absolute Gasteiger partial charge is 0.381 e. The summed E-state index contributed by atoms with van der Waals surface area (Å²) in [5, 5.41) is 6.38. The van der Waals surface area contributed by atoms with Gasteiger partial charge in [0.05, 0.1) is 6.54 Å². The number of amides is 1. The molecule has 0 bridgehead atoms. The number of aliphatic imine (C=N–C) groups is 1. The van der Waals surface area contributed by atoms with E-state index < -0.39 is 0 Å². The van der Waals surface area contributed by atoms with Crippen LogP contribution in [0.25, 0.3) is 0 Å². The smallest absolute Gasteiger partial charge is 0.242 e. The predicted molar refractivity (Wildman–Crippen MR) is 114 cm³/mol. The van der Waals surface area contributed by atoms with Crippen molar-refractivity contribution in [3.05, 3.63) is 35.4 Å². The van der Waals surface area contributed by atoms with E-state index in [2.05, 4.69) is 33.8 Å². The molecule has 0 aromatic heterocycles. The summed E-state index contributed by atoms with van der Waals surface area (Å²) in [6.07, 6.45) is 4.03. The predicted octanol–water partition coefficient (Wildman–Crippen LogP) is 1.57. The SMILES string of the molecule is CN=C(NCCCOCC1CCOCC1)NCC(=O)N1CCc2ccccc2C1. The fraction of sp³-hybridized carbons (Fsp3) is 0.636. The van der Waals surface area contributed by atoms with Crippen molar-refractivity contribution >= 4 is 11.9 Å². The molecule has 0 atom stereocenters. The van der Waals surface area contributed by atoms with Crippen LogP contribution in [0.15, 0.2) is 29.3 Å². The molecule has 0 unspecified atom stereocenters. The minimum Gasteiger partial charge on any atom is -0.381 e. The number of guanidine groups is 1. The average molecular weight is 403 g/mol. The zero-order valence-corrected chi connectivity index (χ0v) is 17.5. The van der Waals surface area contributed by atoms with E-state index in [1.54, 1.807) is 7.05 Å². The van der Waals surface area contributed by atoms with Crippen LogP contribution in [0.4, 0.5) is 0 Å². The van der Waals surface area contributed by atoms with Crippen molar-refractivity contribution in [1.82, 2.24) is 15.5 Å². The molecule has 1 aromatic carbocycles. The van der Waals surface area contributed by atoms with Gasteiger partial charge in [-0.15, -0.1) is 0 Å². The highest BCUT2D eigenvalue weighted by atomic mass is 16.5. The Morgan fingerprint density at radius 3 is 2.83 bits per heavy atom. The van der Waals surface area contributed by atoms with Gasteiger partial charge in [0.25, 0.3) is 0 Å². The quantitative estimate of drug-likeness (QED) is 0.392. The molecule has 2 aliphatic rings. The Morgan fingerprint density at radius 2 is 2.03 bits per heavy atom. The Hall–Kier alpha value is -2.12. The lowest BCUT2D eigenvalue weighted by Gasteiger charge is -2.29. The van der Waals surface area contributed by atoms with E-state index >= 15 is 0 Å². The lowest BCUT2D eigenvalue weighted by Crippen LogP contribution is -2.46. The van der Waals surface area contributed by atoms with Crippen molar-refractivity contribution in [2.24, 2.45) is 10.9 Å². The van der Waals surface area contributed by atoms with E-state index in [-0.39, 0.29) is 12.5 Å². The van der Waals surface area contributed by atoms with Gasteiger partial charge in [-0.25, -0.2) is 0 Å².